The molecule has 1 amide bonds. The quantitative estimate of drug-likeness (QED) is 0.755. The first-order valence-electron chi connectivity index (χ1n) is 7.12. The number of benzene rings is 1. The highest BCUT2D eigenvalue weighted by Gasteiger charge is 2.19. The largest absolute Gasteiger partial charge is 0.480 e. The lowest BCUT2D eigenvalue weighted by molar-refractivity contribution is -0.139. The van der Waals surface area contributed by atoms with Gasteiger partial charge in [0.2, 0.25) is 0 Å². The fourth-order valence-electron chi connectivity index (χ4n) is 1.90. The van der Waals surface area contributed by atoms with Gasteiger partial charge in [0.15, 0.2) is 9.84 Å². The zero-order valence-corrected chi connectivity index (χ0v) is 13.5. The lowest BCUT2D eigenvalue weighted by Crippen LogP contribution is -2.40. The molecule has 1 atom stereocenters. The Bertz CT molecular complexity index is 622. The number of amides is 1. The minimum atomic E-state index is -3.12. The van der Waals surface area contributed by atoms with Crippen molar-refractivity contribution >= 4 is 21.7 Å². The maximum atomic E-state index is 12.0. The van der Waals surface area contributed by atoms with Crippen molar-refractivity contribution in [3.63, 3.8) is 0 Å². The van der Waals surface area contributed by atoms with E-state index in [4.69, 9.17) is 5.11 Å². The van der Waals surface area contributed by atoms with E-state index in [0.717, 1.165) is 0 Å². The zero-order valence-electron chi connectivity index (χ0n) is 12.7. The van der Waals surface area contributed by atoms with E-state index in [1.807, 2.05) is 6.92 Å². The van der Waals surface area contributed by atoms with Gasteiger partial charge in [0.1, 0.15) is 6.04 Å². The van der Waals surface area contributed by atoms with Crippen molar-refractivity contribution in [3.8, 4) is 0 Å². The van der Waals surface area contributed by atoms with E-state index in [2.05, 4.69) is 5.32 Å². The molecule has 0 heterocycles. The van der Waals surface area contributed by atoms with Gasteiger partial charge in [-0.3, -0.25) is 4.79 Å². The third-order valence-electron chi connectivity index (χ3n) is 3.22. The van der Waals surface area contributed by atoms with Gasteiger partial charge >= 0.3 is 5.97 Å². The van der Waals surface area contributed by atoms with E-state index < -0.39 is 27.8 Å². The number of sulfone groups is 1. The monoisotopic (exact) mass is 327 g/mol. The summed E-state index contributed by atoms with van der Waals surface area (Å²) >= 11 is 0. The molecule has 0 fully saturated rings. The number of carboxylic acids is 1. The summed E-state index contributed by atoms with van der Waals surface area (Å²) in [6.45, 7) is 3.42. The van der Waals surface area contributed by atoms with Crippen LogP contribution in [0.1, 0.15) is 42.6 Å². The SMILES string of the molecule is CCCC(NC(=O)c1ccc(CS(=O)(=O)CC)cc1)C(=O)O. The number of aliphatic carboxylic acids is 1. The minimum absolute atomic E-state index is 0.0621. The molecule has 1 aromatic carbocycles. The van der Waals surface area contributed by atoms with E-state index in [1.54, 1.807) is 19.1 Å². The Kier molecular flexibility index (Phi) is 6.55. The van der Waals surface area contributed by atoms with Gasteiger partial charge in [-0.2, -0.15) is 0 Å². The van der Waals surface area contributed by atoms with Crippen molar-refractivity contribution in [2.75, 3.05) is 5.75 Å². The Morgan fingerprint density at radius 1 is 1.18 bits per heavy atom. The maximum Gasteiger partial charge on any atom is 0.326 e. The Morgan fingerprint density at radius 3 is 2.23 bits per heavy atom. The molecule has 2 N–H and O–H groups in total. The van der Waals surface area contributed by atoms with Crippen molar-refractivity contribution in [2.45, 2.75) is 38.5 Å². The molecule has 1 rings (SSSR count). The van der Waals surface area contributed by atoms with Crippen LogP contribution >= 0.6 is 0 Å². The predicted octanol–water partition coefficient (Wildman–Crippen LogP) is 1.60. The third kappa shape index (κ3) is 5.48. The number of carboxylic acid groups (broad SMARTS) is 1. The van der Waals surface area contributed by atoms with E-state index in [1.165, 1.54) is 12.1 Å². The molecule has 0 aliphatic rings. The molecular formula is C15H21NO5S. The number of rotatable bonds is 8. The molecule has 22 heavy (non-hydrogen) atoms. The van der Waals surface area contributed by atoms with E-state index in [9.17, 15) is 18.0 Å². The molecular weight excluding hydrogens is 306 g/mol. The first-order chi connectivity index (χ1) is 10.3. The summed E-state index contributed by atoms with van der Waals surface area (Å²) in [4.78, 5) is 23.0. The lowest BCUT2D eigenvalue weighted by atomic mass is 10.1. The molecule has 122 valence electrons. The minimum Gasteiger partial charge on any atom is -0.480 e. The number of carbonyl (C=O) groups is 2. The average molecular weight is 327 g/mol. The maximum absolute atomic E-state index is 12.0. The highest BCUT2D eigenvalue weighted by Crippen LogP contribution is 2.10. The molecule has 0 spiro atoms. The van der Waals surface area contributed by atoms with E-state index in [-0.39, 0.29) is 11.5 Å². The van der Waals surface area contributed by atoms with Crippen molar-refractivity contribution in [3.05, 3.63) is 35.4 Å². The summed E-state index contributed by atoms with van der Waals surface area (Å²) in [7, 11) is -3.12. The highest BCUT2D eigenvalue weighted by atomic mass is 32.2. The molecule has 0 bridgehead atoms. The molecule has 0 radical (unpaired) electrons. The van der Waals surface area contributed by atoms with E-state index >= 15 is 0 Å². The van der Waals surface area contributed by atoms with Gasteiger partial charge in [0.05, 0.1) is 5.75 Å². The summed E-state index contributed by atoms with van der Waals surface area (Å²) in [5.41, 5.74) is 0.904. The molecule has 0 aliphatic carbocycles. The summed E-state index contributed by atoms with van der Waals surface area (Å²) in [6, 6.07) is 5.22. The van der Waals surface area contributed by atoms with Gasteiger partial charge in [-0.25, -0.2) is 13.2 Å². The van der Waals surface area contributed by atoms with Gasteiger partial charge in [-0.05, 0) is 24.1 Å². The first kappa shape index (κ1) is 18.2. The average Bonchev–Trinajstić information content (AvgIpc) is 2.47. The number of carbonyl (C=O) groups excluding carboxylic acids is 1. The third-order valence-corrected chi connectivity index (χ3v) is 4.88. The number of hydrogen-bond donors (Lipinski definition) is 2. The van der Waals surface area contributed by atoms with Gasteiger partial charge < -0.3 is 10.4 Å². The van der Waals surface area contributed by atoms with Crippen LogP contribution in [0, 0.1) is 0 Å². The van der Waals surface area contributed by atoms with Crippen molar-refractivity contribution in [1.82, 2.24) is 5.32 Å². The Hall–Kier alpha value is -1.89. The topological polar surface area (TPSA) is 101 Å². The van der Waals surface area contributed by atoms with Crippen LogP contribution in [0.4, 0.5) is 0 Å². The van der Waals surface area contributed by atoms with Crippen LogP contribution in [0.3, 0.4) is 0 Å². The van der Waals surface area contributed by atoms with Crippen LogP contribution in [0.2, 0.25) is 0 Å². The Balaban J connectivity index is 2.77. The lowest BCUT2D eigenvalue weighted by Gasteiger charge is -2.13. The second-order valence-corrected chi connectivity index (χ2v) is 7.38. The predicted molar refractivity (Wildman–Crippen MR) is 83.4 cm³/mol. The van der Waals surface area contributed by atoms with Crippen LogP contribution in [-0.2, 0) is 20.4 Å². The fourth-order valence-corrected chi connectivity index (χ4v) is 2.80. The van der Waals surface area contributed by atoms with Gasteiger partial charge in [0, 0.05) is 11.3 Å². The van der Waals surface area contributed by atoms with Gasteiger partial charge in [0.25, 0.3) is 5.91 Å². The molecule has 0 aliphatic heterocycles. The number of hydrogen-bond acceptors (Lipinski definition) is 4. The highest BCUT2D eigenvalue weighted by molar-refractivity contribution is 7.90. The molecule has 7 heteroatoms. The van der Waals surface area contributed by atoms with Crippen LogP contribution in [0.15, 0.2) is 24.3 Å². The smallest absolute Gasteiger partial charge is 0.326 e. The molecule has 6 nitrogen and oxygen atoms in total. The Morgan fingerprint density at radius 2 is 1.77 bits per heavy atom. The summed E-state index contributed by atoms with van der Waals surface area (Å²) < 4.78 is 23.1. The first-order valence-corrected chi connectivity index (χ1v) is 8.94. The van der Waals surface area contributed by atoms with Crippen LogP contribution in [0.25, 0.3) is 0 Å². The van der Waals surface area contributed by atoms with Crippen LogP contribution in [-0.4, -0.2) is 37.2 Å². The van der Waals surface area contributed by atoms with Gasteiger partial charge in [-0.1, -0.05) is 32.4 Å². The van der Waals surface area contributed by atoms with Crippen molar-refractivity contribution < 1.29 is 23.1 Å². The Labute approximate surface area is 130 Å². The second kappa shape index (κ2) is 7.93. The second-order valence-electron chi connectivity index (χ2n) is 5.03. The standard InChI is InChI=1S/C15H21NO5S/c1-3-5-13(15(18)19)16-14(17)12-8-6-11(7-9-12)10-22(20,21)4-2/h6-9,13H,3-5,10H2,1-2H3,(H,16,17)(H,18,19). The van der Waals surface area contributed by atoms with Crippen LogP contribution < -0.4 is 5.32 Å². The summed E-state index contributed by atoms with van der Waals surface area (Å²) in [6.07, 6.45) is 0.999. The molecule has 1 aromatic rings. The zero-order chi connectivity index (χ0) is 16.8. The summed E-state index contributed by atoms with van der Waals surface area (Å²) in [5, 5.41) is 11.5. The molecule has 0 saturated heterocycles. The molecule has 0 saturated carbocycles. The van der Waals surface area contributed by atoms with Gasteiger partial charge in [-0.15, -0.1) is 0 Å². The molecule has 0 aromatic heterocycles. The van der Waals surface area contributed by atoms with Crippen molar-refractivity contribution in [2.24, 2.45) is 0 Å². The molecule has 1 unspecified atom stereocenters. The summed E-state index contributed by atoms with van der Waals surface area (Å²) in [5.74, 6) is -1.56. The fraction of sp³-hybridized carbons (Fsp3) is 0.467. The van der Waals surface area contributed by atoms with E-state index in [0.29, 0.717) is 24.0 Å². The normalized spacial score (nSPS) is 12.6. The van der Waals surface area contributed by atoms with Crippen LogP contribution in [0.5, 0.6) is 0 Å². The number of nitrogens with one attached hydrogen (secondary N) is 1. The van der Waals surface area contributed by atoms with Crippen molar-refractivity contribution in [1.29, 1.82) is 0 Å².